The Morgan fingerprint density at radius 2 is 1.90 bits per heavy atom. The maximum absolute atomic E-state index is 12.7. The van der Waals surface area contributed by atoms with E-state index in [1.807, 2.05) is 0 Å². The Hall–Kier alpha value is -1.34. The van der Waals surface area contributed by atoms with Crippen LogP contribution >= 0.6 is 0 Å². The van der Waals surface area contributed by atoms with Gasteiger partial charge in [0.25, 0.3) is 0 Å². The lowest BCUT2D eigenvalue weighted by Crippen LogP contribution is -2.59. The minimum Gasteiger partial charge on any atom is -0.480 e. The lowest BCUT2D eigenvalue weighted by molar-refractivity contribution is -0.141. The van der Waals surface area contributed by atoms with Crippen molar-refractivity contribution < 1.29 is 24.5 Å². The maximum atomic E-state index is 12.7. The monoisotopic (exact) mass is 298 g/mol. The van der Waals surface area contributed by atoms with Gasteiger partial charge in [0, 0.05) is 19.5 Å². The smallest absolute Gasteiger partial charge is 0.326 e. The molecule has 118 valence electrons. The molecule has 0 radical (unpaired) electrons. The lowest BCUT2D eigenvalue weighted by Gasteiger charge is -2.45. The van der Waals surface area contributed by atoms with Crippen molar-refractivity contribution in [3.8, 4) is 0 Å². The van der Waals surface area contributed by atoms with E-state index in [2.05, 4.69) is 0 Å². The average Bonchev–Trinajstić information content (AvgIpc) is 2.88. The molecule has 0 spiro atoms. The number of fused-ring (bicyclic) bond motifs is 1. The molecule has 1 aliphatic carbocycles. The highest BCUT2D eigenvalue weighted by molar-refractivity contribution is 5.83. The predicted molar refractivity (Wildman–Crippen MR) is 72.9 cm³/mol. The molecule has 7 nitrogen and oxygen atoms in total. The Bertz CT molecular complexity index is 428. The molecule has 2 amide bonds. The first kappa shape index (κ1) is 14.6. The third kappa shape index (κ3) is 2.72. The number of hydrogen-bond donors (Lipinski definition) is 2. The molecule has 2 heterocycles. The first-order valence-corrected chi connectivity index (χ1v) is 7.67. The third-order valence-corrected chi connectivity index (χ3v) is 4.79. The van der Waals surface area contributed by atoms with E-state index in [9.17, 15) is 19.8 Å². The Labute approximate surface area is 123 Å². The molecule has 2 unspecified atom stereocenters. The quantitative estimate of drug-likeness (QED) is 0.725. The zero-order valence-electron chi connectivity index (χ0n) is 12.0. The summed E-state index contributed by atoms with van der Waals surface area (Å²) in [6, 6.07) is -1.14. The number of urea groups is 1. The van der Waals surface area contributed by atoms with Gasteiger partial charge in [-0.3, -0.25) is 0 Å². The summed E-state index contributed by atoms with van der Waals surface area (Å²) < 4.78 is 5.74. The van der Waals surface area contributed by atoms with Gasteiger partial charge in [0.2, 0.25) is 0 Å². The van der Waals surface area contributed by atoms with Gasteiger partial charge < -0.3 is 24.7 Å². The van der Waals surface area contributed by atoms with E-state index in [1.165, 1.54) is 4.90 Å². The Morgan fingerprint density at radius 3 is 2.67 bits per heavy atom. The summed E-state index contributed by atoms with van der Waals surface area (Å²) in [7, 11) is 0. The van der Waals surface area contributed by atoms with Gasteiger partial charge in [0.1, 0.15) is 6.04 Å². The summed E-state index contributed by atoms with van der Waals surface area (Å²) in [6.45, 7) is 1.10. The van der Waals surface area contributed by atoms with Gasteiger partial charge in [-0.25, -0.2) is 9.59 Å². The van der Waals surface area contributed by atoms with E-state index >= 15 is 0 Å². The van der Waals surface area contributed by atoms with Crippen molar-refractivity contribution in [1.82, 2.24) is 9.80 Å². The standard InChI is InChI=1S/C14H22N2O5/c17-9-7-11(13(18)19)16(8-9)14(20)15-5-6-21-12-4-2-1-3-10(12)15/h9-12,17H,1-8H2,(H,18,19)/t9-,10?,11-,12?/m1/s1. The highest BCUT2D eigenvalue weighted by atomic mass is 16.5. The van der Waals surface area contributed by atoms with E-state index < -0.39 is 18.1 Å². The molecule has 3 rings (SSSR count). The summed E-state index contributed by atoms with van der Waals surface area (Å²) in [5.41, 5.74) is 0. The molecule has 3 aliphatic rings. The SMILES string of the molecule is O=C(O)[C@H]1C[C@@H](O)CN1C(=O)N1CCOC2CCCCC21. The Kier molecular flexibility index (Phi) is 4.03. The van der Waals surface area contributed by atoms with E-state index in [1.54, 1.807) is 4.90 Å². The van der Waals surface area contributed by atoms with Crippen LogP contribution in [-0.2, 0) is 9.53 Å². The van der Waals surface area contributed by atoms with Crippen LogP contribution in [0.15, 0.2) is 0 Å². The van der Waals surface area contributed by atoms with Crippen LogP contribution in [0.4, 0.5) is 4.79 Å². The largest absolute Gasteiger partial charge is 0.480 e. The molecule has 2 aliphatic heterocycles. The van der Waals surface area contributed by atoms with Gasteiger partial charge in [-0.1, -0.05) is 12.8 Å². The molecule has 7 heteroatoms. The number of morpholine rings is 1. The number of amides is 2. The van der Waals surface area contributed by atoms with Crippen molar-refractivity contribution >= 4 is 12.0 Å². The van der Waals surface area contributed by atoms with Crippen LogP contribution in [0.25, 0.3) is 0 Å². The number of carbonyl (C=O) groups is 2. The number of aliphatic hydroxyl groups excluding tert-OH is 1. The molecule has 1 saturated carbocycles. The molecular formula is C14H22N2O5. The number of β-amino-alcohol motifs (C(OH)–C–C–N with tert-alkyl or cyclic N) is 1. The van der Waals surface area contributed by atoms with Gasteiger partial charge in [-0.05, 0) is 12.8 Å². The fourth-order valence-electron chi connectivity index (χ4n) is 3.76. The third-order valence-electron chi connectivity index (χ3n) is 4.79. The average molecular weight is 298 g/mol. The van der Waals surface area contributed by atoms with Gasteiger partial charge in [-0.15, -0.1) is 0 Å². The maximum Gasteiger partial charge on any atom is 0.326 e. The minimum absolute atomic E-state index is 0.0483. The number of likely N-dealkylation sites (tertiary alicyclic amines) is 1. The molecule has 0 aromatic carbocycles. The second kappa shape index (κ2) is 5.81. The van der Waals surface area contributed by atoms with Crippen LogP contribution in [0.1, 0.15) is 32.1 Å². The summed E-state index contributed by atoms with van der Waals surface area (Å²) in [5.74, 6) is -1.05. The van der Waals surface area contributed by atoms with Crippen molar-refractivity contribution in [2.24, 2.45) is 0 Å². The molecule has 0 aromatic rings. The number of carboxylic acid groups (broad SMARTS) is 1. The molecule has 4 atom stereocenters. The molecule has 3 fully saturated rings. The number of aliphatic carboxylic acids is 1. The number of aliphatic hydroxyl groups is 1. The van der Waals surface area contributed by atoms with E-state index in [0.717, 1.165) is 25.7 Å². The molecular weight excluding hydrogens is 276 g/mol. The fraction of sp³-hybridized carbons (Fsp3) is 0.857. The highest BCUT2D eigenvalue weighted by Crippen LogP contribution is 2.30. The second-order valence-electron chi connectivity index (χ2n) is 6.13. The second-order valence-corrected chi connectivity index (χ2v) is 6.13. The van der Waals surface area contributed by atoms with Crippen LogP contribution in [0.3, 0.4) is 0 Å². The molecule has 0 bridgehead atoms. The fourth-order valence-corrected chi connectivity index (χ4v) is 3.76. The van der Waals surface area contributed by atoms with Crippen molar-refractivity contribution in [3.63, 3.8) is 0 Å². The lowest BCUT2D eigenvalue weighted by atomic mass is 9.90. The summed E-state index contributed by atoms with van der Waals surface area (Å²) >= 11 is 0. The van der Waals surface area contributed by atoms with Crippen molar-refractivity contribution in [2.75, 3.05) is 19.7 Å². The number of ether oxygens (including phenoxy) is 1. The molecule has 21 heavy (non-hydrogen) atoms. The molecule has 2 N–H and O–H groups in total. The van der Waals surface area contributed by atoms with Crippen molar-refractivity contribution in [2.45, 2.75) is 56.4 Å². The zero-order chi connectivity index (χ0) is 15.0. The predicted octanol–water partition coefficient (Wildman–Crippen LogP) is 0.270. The Balaban J connectivity index is 1.75. The number of carboxylic acids is 1. The van der Waals surface area contributed by atoms with Crippen LogP contribution in [0.2, 0.25) is 0 Å². The van der Waals surface area contributed by atoms with Crippen LogP contribution in [0, 0.1) is 0 Å². The van der Waals surface area contributed by atoms with E-state index in [0.29, 0.717) is 13.2 Å². The van der Waals surface area contributed by atoms with Gasteiger partial charge >= 0.3 is 12.0 Å². The van der Waals surface area contributed by atoms with Crippen molar-refractivity contribution in [3.05, 3.63) is 0 Å². The number of hydrogen-bond acceptors (Lipinski definition) is 4. The van der Waals surface area contributed by atoms with Crippen molar-refractivity contribution in [1.29, 1.82) is 0 Å². The van der Waals surface area contributed by atoms with Crippen LogP contribution in [0.5, 0.6) is 0 Å². The van der Waals surface area contributed by atoms with Gasteiger partial charge in [0.05, 0.1) is 24.9 Å². The van der Waals surface area contributed by atoms with Gasteiger partial charge in [0.15, 0.2) is 0 Å². The first-order chi connectivity index (χ1) is 10.1. The normalized spacial score (nSPS) is 36.4. The number of rotatable bonds is 1. The summed E-state index contributed by atoms with van der Waals surface area (Å²) in [4.78, 5) is 27.1. The Morgan fingerprint density at radius 1 is 1.14 bits per heavy atom. The minimum atomic E-state index is -1.05. The topological polar surface area (TPSA) is 90.3 Å². The van der Waals surface area contributed by atoms with Gasteiger partial charge in [-0.2, -0.15) is 0 Å². The first-order valence-electron chi connectivity index (χ1n) is 7.67. The summed E-state index contributed by atoms with van der Waals surface area (Å²) in [5, 5.41) is 18.9. The number of nitrogens with zero attached hydrogens (tertiary/aromatic N) is 2. The summed E-state index contributed by atoms with van der Waals surface area (Å²) in [6.07, 6.45) is 3.48. The van der Waals surface area contributed by atoms with E-state index in [-0.39, 0.29) is 31.1 Å². The van der Waals surface area contributed by atoms with E-state index in [4.69, 9.17) is 4.74 Å². The van der Waals surface area contributed by atoms with Crippen LogP contribution in [-0.4, -0.2) is 76.0 Å². The molecule has 0 aromatic heterocycles. The number of carbonyl (C=O) groups excluding carboxylic acids is 1. The molecule has 2 saturated heterocycles. The van der Waals surface area contributed by atoms with Crippen LogP contribution < -0.4 is 0 Å². The highest BCUT2D eigenvalue weighted by Gasteiger charge is 2.44. The zero-order valence-corrected chi connectivity index (χ0v) is 12.0.